The Morgan fingerprint density at radius 1 is 1.53 bits per heavy atom. The molecule has 0 aliphatic heterocycles. The van der Waals surface area contributed by atoms with Gasteiger partial charge in [-0.1, -0.05) is 0 Å². The molecule has 1 aromatic heterocycles. The van der Waals surface area contributed by atoms with Crippen LogP contribution in [0.2, 0.25) is 0 Å². The summed E-state index contributed by atoms with van der Waals surface area (Å²) in [7, 11) is 0. The lowest BCUT2D eigenvalue weighted by Crippen LogP contribution is -2.12. The van der Waals surface area contributed by atoms with Gasteiger partial charge >= 0.3 is 5.97 Å². The molecule has 2 N–H and O–H groups in total. The third-order valence-corrected chi connectivity index (χ3v) is 3.30. The molecule has 7 heteroatoms. The largest absolute Gasteiger partial charge is 0.478 e. The van der Waals surface area contributed by atoms with Gasteiger partial charge in [0.05, 0.1) is 22.3 Å². The smallest absolute Gasteiger partial charge is 0.336 e. The lowest BCUT2D eigenvalue weighted by Gasteiger charge is -2.10. The molecule has 2 aromatic rings. The summed E-state index contributed by atoms with van der Waals surface area (Å²) in [5.41, 5.74) is 0.152. The number of carboxylic acid groups (broad SMARTS) is 1. The van der Waals surface area contributed by atoms with Crippen LogP contribution in [0.5, 0.6) is 0 Å². The lowest BCUT2D eigenvalue weighted by atomic mass is 10.2. The third-order valence-electron chi connectivity index (χ3n) is 2.53. The van der Waals surface area contributed by atoms with Crippen molar-refractivity contribution in [3.63, 3.8) is 0 Å². The van der Waals surface area contributed by atoms with Gasteiger partial charge in [0, 0.05) is 18.9 Å². The SMILES string of the molecule is O=C(O)c1ccc(NCCn2cccn2)c(F)c1Br. The van der Waals surface area contributed by atoms with Gasteiger partial charge < -0.3 is 10.4 Å². The molecule has 0 radical (unpaired) electrons. The van der Waals surface area contributed by atoms with Crippen LogP contribution in [0.25, 0.3) is 0 Å². The first kappa shape index (κ1) is 13.5. The molecule has 19 heavy (non-hydrogen) atoms. The van der Waals surface area contributed by atoms with E-state index in [1.807, 2.05) is 6.20 Å². The molecule has 0 fully saturated rings. The average Bonchev–Trinajstić information content (AvgIpc) is 2.87. The highest BCUT2D eigenvalue weighted by Gasteiger charge is 2.15. The molecule has 0 amide bonds. The van der Waals surface area contributed by atoms with Crippen molar-refractivity contribution in [3.05, 3.63) is 46.4 Å². The number of hydrogen-bond acceptors (Lipinski definition) is 3. The van der Waals surface area contributed by atoms with Crippen molar-refractivity contribution in [2.45, 2.75) is 6.54 Å². The van der Waals surface area contributed by atoms with Crippen LogP contribution < -0.4 is 5.32 Å². The van der Waals surface area contributed by atoms with Crippen LogP contribution in [0.1, 0.15) is 10.4 Å². The predicted molar refractivity (Wildman–Crippen MR) is 71.8 cm³/mol. The van der Waals surface area contributed by atoms with Crippen LogP contribution in [0.4, 0.5) is 10.1 Å². The molecule has 0 bridgehead atoms. The summed E-state index contributed by atoms with van der Waals surface area (Å²) in [5, 5.41) is 15.8. The van der Waals surface area contributed by atoms with Crippen molar-refractivity contribution in [1.82, 2.24) is 9.78 Å². The van der Waals surface area contributed by atoms with Crippen LogP contribution in [-0.2, 0) is 6.54 Å². The van der Waals surface area contributed by atoms with E-state index in [-0.39, 0.29) is 15.7 Å². The molecule has 5 nitrogen and oxygen atoms in total. The van der Waals surface area contributed by atoms with Gasteiger partial charge in [0.1, 0.15) is 0 Å². The van der Waals surface area contributed by atoms with E-state index in [0.29, 0.717) is 13.1 Å². The third kappa shape index (κ3) is 3.11. The number of nitrogens with zero attached hydrogens (tertiary/aromatic N) is 2. The summed E-state index contributed by atoms with van der Waals surface area (Å²) in [6.07, 6.45) is 3.47. The maximum atomic E-state index is 13.9. The average molecular weight is 328 g/mol. The van der Waals surface area contributed by atoms with Gasteiger partial charge in [-0.2, -0.15) is 5.10 Å². The van der Waals surface area contributed by atoms with E-state index >= 15 is 0 Å². The van der Waals surface area contributed by atoms with Crippen LogP contribution in [0.15, 0.2) is 35.1 Å². The molecule has 1 aromatic carbocycles. The Hall–Kier alpha value is -1.89. The van der Waals surface area contributed by atoms with Crippen molar-refractivity contribution in [3.8, 4) is 0 Å². The Kier molecular flexibility index (Phi) is 4.16. The minimum Gasteiger partial charge on any atom is -0.478 e. The van der Waals surface area contributed by atoms with Gasteiger partial charge in [0.15, 0.2) is 5.82 Å². The van der Waals surface area contributed by atoms with E-state index in [4.69, 9.17) is 5.11 Å². The van der Waals surface area contributed by atoms with Gasteiger partial charge in [0.25, 0.3) is 0 Å². The van der Waals surface area contributed by atoms with Gasteiger partial charge in [-0.05, 0) is 34.1 Å². The normalized spacial score (nSPS) is 10.4. The molecule has 2 rings (SSSR count). The van der Waals surface area contributed by atoms with E-state index in [1.165, 1.54) is 12.1 Å². The summed E-state index contributed by atoms with van der Waals surface area (Å²) in [4.78, 5) is 10.8. The minimum atomic E-state index is -1.17. The molecule has 0 aliphatic carbocycles. The summed E-state index contributed by atoms with van der Waals surface area (Å²) in [6.45, 7) is 1.07. The van der Waals surface area contributed by atoms with Crippen LogP contribution >= 0.6 is 15.9 Å². The standard InChI is InChI=1S/C12H11BrFN3O2/c13-10-8(12(18)19)2-3-9(11(10)14)15-5-7-17-6-1-4-16-17/h1-4,6,15H,5,7H2,(H,18,19). The summed E-state index contributed by atoms with van der Waals surface area (Å²) < 4.78 is 15.6. The minimum absolute atomic E-state index is 0.0518. The first-order valence-corrected chi connectivity index (χ1v) is 6.31. The Morgan fingerprint density at radius 2 is 2.32 bits per heavy atom. The number of anilines is 1. The Bertz CT molecular complexity index is 587. The first-order chi connectivity index (χ1) is 9.09. The number of benzene rings is 1. The molecule has 0 unspecified atom stereocenters. The second-order valence-electron chi connectivity index (χ2n) is 3.79. The van der Waals surface area contributed by atoms with Crippen molar-refractivity contribution in [1.29, 1.82) is 0 Å². The van der Waals surface area contributed by atoms with Crippen LogP contribution in [0, 0.1) is 5.82 Å². The van der Waals surface area contributed by atoms with E-state index in [2.05, 4.69) is 26.3 Å². The number of carbonyl (C=O) groups is 1. The number of halogens is 2. The maximum absolute atomic E-state index is 13.9. The number of rotatable bonds is 5. The van der Waals surface area contributed by atoms with E-state index in [9.17, 15) is 9.18 Å². The van der Waals surface area contributed by atoms with Crippen molar-refractivity contribution in [2.24, 2.45) is 0 Å². The number of aromatic carboxylic acids is 1. The van der Waals surface area contributed by atoms with Gasteiger partial charge in [0.2, 0.25) is 0 Å². The highest BCUT2D eigenvalue weighted by molar-refractivity contribution is 9.10. The molecule has 1 heterocycles. The Morgan fingerprint density at radius 3 is 2.95 bits per heavy atom. The predicted octanol–water partition coefficient (Wildman–Crippen LogP) is 2.60. The van der Waals surface area contributed by atoms with Crippen molar-refractivity contribution in [2.75, 3.05) is 11.9 Å². The fourth-order valence-corrected chi connectivity index (χ4v) is 2.10. The Balaban J connectivity index is 2.05. The summed E-state index contributed by atoms with van der Waals surface area (Å²) in [6, 6.07) is 4.57. The van der Waals surface area contributed by atoms with Gasteiger partial charge in [-0.15, -0.1) is 0 Å². The van der Waals surface area contributed by atoms with Crippen molar-refractivity contribution < 1.29 is 14.3 Å². The van der Waals surface area contributed by atoms with E-state index in [0.717, 1.165) is 0 Å². The summed E-state index contributed by atoms with van der Waals surface area (Å²) >= 11 is 2.95. The lowest BCUT2D eigenvalue weighted by molar-refractivity contribution is 0.0695. The zero-order valence-corrected chi connectivity index (χ0v) is 11.4. The maximum Gasteiger partial charge on any atom is 0.336 e. The molecule has 0 aliphatic rings. The molecular formula is C12H11BrFN3O2. The quantitative estimate of drug-likeness (QED) is 0.885. The van der Waals surface area contributed by atoms with Crippen LogP contribution in [0.3, 0.4) is 0 Å². The van der Waals surface area contributed by atoms with Crippen molar-refractivity contribution >= 4 is 27.6 Å². The zero-order valence-electron chi connectivity index (χ0n) is 9.81. The number of carboxylic acids is 1. The molecule has 0 spiro atoms. The Labute approximate surface area is 117 Å². The second-order valence-corrected chi connectivity index (χ2v) is 4.58. The number of hydrogen-bond donors (Lipinski definition) is 2. The zero-order chi connectivity index (χ0) is 13.8. The van der Waals surface area contributed by atoms with Gasteiger partial charge in [-0.3, -0.25) is 4.68 Å². The summed E-state index contributed by atoms with van der Waals surface area (Å²) in [5.74, 6) is -1.78. The molecule has 0 saturated heterocycles. The molecular weight excluding hydrogens is 317 g/mol. The monoisotopic (exact) mass is 327 g/mol. The number of aromatic nitrogens is 2. The molecule has 0 atom stereocenters. The fraction of sp³-hybridized carbons (Fsp3) is 0.167. The highest BCUT2D eigenvalue weighted by Crippen LogP contribution is 2.26. The first-order valence-electron chi connectivity index (χ1n) is 5.52. The van der Waals surface area contributed by atoms with E-state index < -0.39 is 11.8 Å². The molecule has 0 saturated carbocycles. The van der Waals surface area contributed by atoms with Gasteiger partial charge in [-0.25, -0.2) is 9.18 Å². The van der Waals surface area contributed by atoms with Crippen LogP contribution in [-0.4, -0.2) is 27.4 Å². The van der Waals surface area contributed by atoms with E-state index in [1.54, 1.807) is 16.9 Å². The number of nitrogens with one attached hydrogen (secondary N) is 1. The fourth-order valence-electron chi connectivity index (χ4n) is 1.59. The topological polar surface area (TPSA) is 67.2 Å². The second kappa shape index (κ2) is 5.83. The highest BCUT2D eigenvalue weighted by atomic mass is 79.9. The molecule has 100 valence electrons.